The van der Waals surface area contributed by atoms with Crippen molar-refractivity contribution in [3.8, 4) is 0 Å². The van der Waals surface area contributed by atoms with Gasteiger partial charge in [-0.1, -0.05) is 17.7 Å². The molecule has 0 amide bonds. The van der Waals surface area contributed by atoms with E-state index in [9.17, 15) is 14.4 Å². The molecule has 3 aromatic rings. The molecule has 9 nitrogen and oxygen atoms in total. The van der Waals surface area contributed by atoms with Crippen molar-refractivity contribution in [3.63, 3.8) is 0 Å². The summed E-state index contributed by atoms with van der Waals surface area (Å²) in [5, 5.41) is 0. The molecule has 0 bridgehead atoms. The first-order valence-electron chi connectivity index (χ1n) is 9.45. The van der Waals surface area contributed by atoms with Crippen LogP contribution in [0.15, 0.2) is 27.8 Å². The summed E-state index contributed by atoms with van der Waals surface area (Å²) < 4.78 is 8.68. The summed E-state index contributed by atoms with van der Waals surface area (Å²) in [4.78, 5) is 44.2. The Hall–Kier alpha value is -3.36. The number of esters is 1. The van der Waals surface area contributed by atoms with Gasteiger partial charge in [-0.2, -0.15) is 4.98 Å². The fourth-order valence-corrected chi connectivity index (χ4v) is 3.93. The minimum atomic E-state index is -0.654. The average Bonchev–Trinajstić information content (AvgIpc) is 3.09. The maximum absolute atomic E-state index is 13.1. The van der Waals surface area contributed by atoms with Crippen LogP contribution in [0.3, 0.4) is 0 Å². The van der Waals surface area contributed by atoms with E-state index in [0.29, 0.717) is 23.7 Å². The lowest BCUT2D eigenvalue weighted by Crippen LogP contribution is -2.41. The van der Waals surface area contributed by atoms with Crippen LogP contribution in [0.4, 0.5) is 11.6 Å². The third-order valence-corrected chi connectivity index (χ3v) is 5.38. The predicted octanol–water partition coefficient (Wildman–Crippen LogP) is 1.23. The molecule has 0 atom stereocenters. The van der Waals surface area contributed by atoms with Gasteiger partial charge in [-0.3, -0.25) is 14.2 Å². The number of imidazole rings is 1. The van der Waals surface area contributed by atoms with Crippen LogP contribution in [0.1, 0.15) is 17.5 Å². The second kappa shape index (κ2) is 6.91. The maximum Gasteiger partial charge on any atom is 0.333 e. The van der Waals surface area contributed by atoms with Gasteiger partial charge in [-0.15, -0.1) is 0 Å². The lowest BCUT2D eigenvalue weighted by Gasteiger charge is -2.30. The van der Waals surface area contributed by atoms with Crippen molar-refractivity contribution < 1.29 is 9.53 Å². The molecule has 0 aliphatic carbocycles. The molecule has 0 unspecified atom stereocenters. The lowest BCUT2D eigenvalue weighted by molar-refractivity contribution is -0.141. The molecule has 0 radical (unpaired) electrons. The zero-order chi connectivity index (χ0) is 20.9. The van der Waals surface area contributed by atoms with Crippen LogP contribution in [0, 0.1) is 13.8 Å². The first-order valence-corrected chi connectivity index (χ1v) is 9.45. The van der Waals surface area contributed by atoms with Crippen LogP contribution in [0.2, 0.25) is 0 Å². The highest BCUT2D eigenvalue weighted by atomic mass is 16.5. The van der Waals surface area contributed by atoms with E-state index in [1.165, 1.54) is 17.2 Å². The number of hydrogen-bond acceptors (Lipinski definition) is 6. The monoisotopic (exact) mass is 397 g/mol. The Balaban J connectivity index is 1.96. The van der Waals surface area contributed by atoms with Gasteiger partial charge in [0.25, 0.3) is 5.56 Å². The Kier molecular flexibility index (Phi) is 4.52. The Morgan fingerprint density at radius 1 is 1.21 bits per heavy atom. The molecule has 0 saturated heterocycles. The van der Waals surface area contributed by atoms with E-state index in [0.717, 1.165) is 28.8 Å². The second-order valence-electron chi connectivity index (χ2n) is 7.34. The summed E-state index contributed by atoms with van der Waals surface area (Å²) in [7, 11) is 2.78. The Morgan fingerprint density at radius 3 is 2.66 bits per heavy atom. The van der Waals surface area contributed by atoms with Crippen LogP contribution in [-0.2, 0) is 29.7 Å². The largest absolute Gasteiger partial charge is 0.468 e. The number of fused-ring (bicyclic) bond motifs is 3. The third kappa shape index (κ3) is 2.93. The van der Waals surface area contributed by atoms with E-state index >= 15 is 0 Å². The number of methoxy groups -OCH3 is 1. The van der Waals surface area contributed by atoms with E-state index in [4.69, 9.17) is 0 Å². The van der Waals surface area contributed by atoms with Gasteiger partial charge in [-0.05, 0) is 31.9 Å². The molecule has 9 heteroatoms. The molecule has 0 N–H and O–H groups in total. The molecule has 0 fully saturated rings. The van der Waals surface area contributed by atoms with E-state index in [1.807, 2.05) is 30.5 Å². The normalized spacial score (nSPS) is 13.6. The molecular formula is C20H23N5O4. The summed E-state index contributed by atoms with van der Waals surface area (Å²) in [6.07, 6.45) is 0.824. The van der Waals surface area contributed by atoms with Gasteiger partial charge in [0.05, 0.1) is 7.11 Å². The lowest BCUT2D eigenvalue weighted by atomic mass is 10.1. The zero-order valence-electron chi connectivity index (χ0n) is 16.9. The van der Waals surface area contributed by atoms with Gasteiger partial charge in [0.15, 0.2) is 11.2 Å². The topological polar surface area (TPSA) is 91.4 Å². The Morgan fingerprint density at radius 2 is 1.97 bits per heavy atom. The van der Waals surface area contributed by atoms with E-state index in [-0.39, 0.29) is 0 Å². The molecular weight excluding hydrogens is 374 g/mol. The van der Waals surface area contributed by atoms with Gasteiger partial charge >= 0.3 is 11.7 Å². The summed E-state index contributed by atoms with van der Waals surface area (Å²) in [6.45, 7) is 5.03. The number of nitrogens with zero attached hydrogens (tertiary/aromatic N) is 5. The minimum absolute atomic E-state index is 0.313. The molecule has 1 aromatic carbocycles. The van der Waals surface area contributed by atoms with Crippen LogP contribution >= 0.6 is 0 Å². The molecule has 4 rings (SSSR count). The van der Waals surface area contributed by atoms with Crippen molar-refractivity contribution in [1.29, 1.82) is 0 Å². The van der Waals surface area contributed by atoms with Crippen LogP contribution < -0.4 is 16.1 Å². The van der Waals surface area contributed by atoms with E-state index in [1.54, 1.807) is 7.05 Å². The fourth-order valence-electron chi connectivity index (χ4n) is 3.93. The molecule has 1 aliphatic rings. The predicted molar refractivity (Wildman–Crippen MR) is 109 cm³/mol. The molecule has 0 spiro atoms. The van der Waals surface area contributed by atoms with E-state index in [2.05, 4.69) is 20.7 Å². The molecule has 152 valence electrons. The number of aryl methyl sites for hydroxylation is 4. The van der Waals surface area contributed by atoms with Gasteiger partial charge in [-0.25, -0.2) is 9.36 Å². The Bertz CT molecular complexity index is 1250. The van der Waals surface area contributed by atoms with Crippen LogP contribution in [-0.4, -0.2) is 38.3 Å². The number of aromatic nitrogens is 4. The number of carbonyl (C=O) groups is 1. The van der Waals surface area contributed by atoms with Gasteiger partial charge in [0.1, 0.15) is 6.54 Å². The standard InChI is InChI=1S/C20H23N5O4/c1-12-6-7-14(13(2)10-12)23-8-5-9-24-16-17(21-19(23)24)22(3)20(28)25(18(16)27)11-15(26)29-4/h6-7,10H,5,8-9,11H2,1-4H3. The quantitative estimate of drug-likeness (QED) is 0.618. The molecule has 2 aromatic heterocycles. The van der Waals surface area contributed by atoms with Crippen molar-refractivity contribution >= 4 is 28.8 Å². The van der Waals surface area contributed by atoms with Crippen molar-refractivity contribution in [1.82, 2.24) is 18.7 Å². The Labute approximate surface area is 166 Å². The van der Waals surface area contributed by atoms with Crippen LogP contribution in [0.5, 0.6) is 0 Å². The first-order chi connectivity index (χ1) is 13.8. The highest BCUT2D eigenvalue weighted by molar-refractivity contribution is 5.78. The summed E-state index contributed by atoms with van der Waals surface area (Å²) in [6, 6.07) is 6.20. The van der Waals surface area contributed by atoms with Gasteiger partial charge in [0.2, 0.25) is 5.95 Å². The molecule has 29 heavy (non-hydrogen) atoms. The van der Waals surface area contributed by atoms with Crippen molar-refractivity contribution in [2.24, 2.45) is 7.05 Å². The molecule has 0 saturated carbocycles. The average molecular weight is 397 g/mol. The van der Waals surface area contributed by atoms with Crippen LogP contribution in [0.25, 0.3) is 11.2 Å². The van der Waals surface area contributed by atoms with Crippen molar-refractivity contribution in [3.05, 3.63) is 50.2 Å². The first kappa shape index (κ1) is 19.0. The van der Waals surface area contributed by atoms with Gasteiger partial charge in [0, 0.05) is 25.8 Å². The zero-order valence-corrected chi connectivity index (χ0v) is 16.9. The fraction of sp³-hybridized carbons (Fsp3) is 0.400. The SMILES string of the molecule is COC(=O)Cn1c(=O)c2c(nc3n2CCCN3c2ccc(C)cc2C)n(C)c1=O. The number of benzene rings is 1. The van der Waals surface area contributed by atoms with Crippen molar-refractivity contribution in [2.75, 3.05) is 18.6 Å². The number of hydrogen-bond donors (Lipinski definition) is 0. The highest BCUT2D eigenvalue weighted by Gasteiger charge is 2.28. The number of carbonyl (C=O) groups excluding carboxylic acids is 1. The summed E-state index contributed by atoms with van der Waals surface area (Å²) in [5.41, 5.74) is 2.81. The second-order valence-corrected chi connectivity index (χ2v) is 7.34. The highest BCUT2D eigenvalue weighted by Crippen LogP contribution is 2.33. The maximum atomic E-state index is 13.1. The summed E-state index contributed by atoms with van der Waals surface area (Å²) in [5.74, 6) is -0.0278. The van der Waals surface area contributed by atoms with Gasteiger partial charge < -0.3 is 14.2 Å². The number of rotatable bonds is 3. The molecule has 3 heterocycles. The number of ether oxygens (including phenoxy) is 1. The van der Waals surface area contributed by atoms with E-state index < -0.39 is 23.8 Å². The van der Waals surface area contributed by atoms with Crippen molar-refractivity contribution in [2.45, 2.75) is 33.4 Å². The third-order valence-electron chi connectivity index (χ3n) is 5.38. The summed E-state index contributed by atoms with van der Waals surface area (Å²) >= 11 is 0. The minimum Gasteiger partial charge on any atom is -0.468 e. The number of anilines is 2. The molecule has 1 aliphatic heterocycles. The smallest absolute Gasteiger partial charge is 0.333 e.